The third-order valence-electron chi connectivity index (χ3n) is 2.96. The molecular formula is C14H16ClNS. The number of rotatable bonds is 3. The van der Waals surface area contributed by atoms with Crippen LogP contribution in [0, 0.1) is 13.8 Å². The monoisotopic (exact) mass is 265 g/mol. The Bertz CT molecular complexity index is 498. The highest BCUT2D eigenvalue weighted by Crippen LogP contribution is 2.28. The van der Waals surface area contributed by atoms with Gasteiger partial charge in [0.2, 0.25) is 0 Å². The van der Waals surface area contributed by atoms with E-state index in [0.29, 0.717) is 0 Å². The SMILES string of the molecule is Cc1cccc(C)c1C(N)Cc1ccc(Cl)s1. The molecule has 0 saturated carbocycles. The quantitative estimate of drug-likeness (QED) is 0.882. The van der Waals surface area contributed by atoms with Crippen LogP contribution >= 0.6 is 22.9 Å². The molecule has 1 heterocycles. The van der Waals surface area contributed by atoms with Gasteiger partial charge in [0, 0.05) is 17.3 Å². The largest absolute Gasteiger partial charge is 0.324 e. The molecule has 17 heavy (non-hydrogen) atoms. The van der Waals surface area contributed by atoms with E-state index in [9.17, 15) is 0 Å². The molecule has 0 fully saturated rings. The van der Waals surface area contributed by atoms with E-state index in [0.717, 1.165) is 10.8 Å². The van der Waals surface area contributed by atoms with E-state index in [1.54, 1.807) is 11.3 Å². The first-order valence-corrected chi connectivity index (χ1v) is 6.83. The zero-order chi connectivity index (χ0) is 12.4. The number of halogens is 1. The van der Waals surface area contributed by atoms with Gasteiger partial charge in [0.05, 0.1) is 4.34 Å². The van der Waals surface area contributed by atoms with Gasteiger partial charge in [-0.3, -0.25) is 0 Å². The smallest absolute Gasteiger partial charge is 0.0931 e. The van der Waals surface area contributed by atoms with Crippen molar-refractivity contribution in [1.29, 1.82) is 0 Å². The molecule has 0 saturated heterocycles. The van der Waals surface area contributed by atoms with Crippen molar-refractivity contribution in [3.63, 3.8) is 0 Å². The van der Waals surface area contributed by atoms with Crippen LogP contribution in [0.1, 0.15) is 27.6 Å². The maximum atomic E-state index is 6.30. The normalized spacial score (nSPS) is 12.7. The Balaban J connectivity index is 2.22. The van der Waals surface area contributed by atoms with Crippen LogP contribution in [0.2, 0.25) is 4.34 Å². The molecule has 90 valence electrons. The van der Waals surface area contributed by atoms with Crippen molar-refractivity contribution in [1.82, 2.24) is 0 Å². The molecule has 3 heteroatoms. The van der Waals surface area contributed by atoms with Crippen LogP contribution in [0.4, 0.5) is 0 Å². The zero-order valence-corrected chi connectivity index (χ0v) is 11.6. The number of hydrogen-bond acceptors (Lipinski definition) is 2. The molecule has 0 amide bonds. The lowest BCUT2D eigenvalue weighted by molar-refractivity contribution is 0.719. The summed E-state index contributed by atoms with van der Waals surface area (Å²) in [5.41, 5.74) is 10.1. The van der Waals surface area contributed by atoms with Crippen LogP contribution in [0.25, 0.3) is 0 Å². The minimum Gasteiger partial charge on any atom is -0.324 e. The highest BCUT2D eigenvalue weighted by Gasteiger charge is 2.13. The summed E-state index contributed by atoms with van der Waals surface area (Å²) in [5, 5.41) is 0. The molecule has 1 unspecified atom stereocenters. The summed E-state index contributed by atoms with van der Waals surface area (Å²) in [6, 6.07) is 10.3. The Morgan fingerprint density at radius 3 is 2.35 bits per heavy atom. The second-order valence-corrected chi connectivity index (χ2v) is 6.12. The maximum absolute atomic E-state index is 6.30. The minimum absolute atomic E-state index is 0.0471. The van der Waals surface area contributed by atoms with Crippen LogP contribution in [0.3, 0.4) is 0 Å². The fourth-order valence-electron chi connectivity index (χ4n) is 2.19. The van der Waals surface area contributed by atoms with Gasteiger partial charge in [-0.2, -0.15) is 0 Å². The predicted molar refractivity (Wildman–Crippen MR) is 75.9 cm³/mol. The van der Waals surface area contributed by atoms with Gasteiger partial charge in [-0.15, -0.1) is 11.3 Å². The average Bonchev–Trinajstić information content (AvgIpc) is 2.63. The van der Waals surface area contributed by atoms with Crippen LogP contribution in [-0.2, 0) is 6.42 Å². The lowest BCUT2D eigenvalue weighted by Crippen LogP contribution is -2.15. The van der Waals surface area contributed by atoms with Crippen LogP contribution in [0.15, 0.2) is 30.3 Å². The molecule has 1 nitrogen and oxygen atoms in total. The number of thiophene rings is 1. The van der Waals surface area contributed by atoms with Crippen molar-refractivity contribution >= 4 is 22.9 Å². The maximum Gasteiger partial charge on any atom is 0.0931 e. The molecule has 0 aliphatic heterocycles. The number of benzene rings is 1. The van der Waals surface area contributed by atoms with Gasteiger partial charge in [0.1, 0.15) is 0 Å². The minimum atomic E-state index is 0.0471. The second-order valence-electron chi connectivity index (χ2n) is 4.32. The van der Waals surface area contributed by atoms with Gasteiger partial charge in [-0.25, -0.2) is 0 Å². The van der Waals surface area contributed by atoms with E-state index in [4.69, 9.17) is 17.3 Å². The van der Waals surface area contributed by atoms with E-state index in [-0.39, 0.29) is 6.04 Å². The van der Waals surface area contributed by atoms with E-state index in [2.05, 4.69) is 38.1 Å². The predicted octanol–water partition coefficient (Wildman–Crippen LogP) is 4.26. The fourth-order valence-corrected chi connectivity index (χ4v) is 3.34. The molecule has 1 aromatic carbocycles. The van der Waals surface area contributed by atoms with Gasteiger partial charge in [-0.05, 0) is 42.7 Å². The molecule has 2 rings (SSSR count). The van der Waals surface area contributed by atoms with Crippen LogP contribution in [-0.4, -0.2) is 0 Å². The molecule has 0 bridgehead atoms. The summed E-state index contributed by atoms with van der Waals surface area (Å²) in [6.07, 6.45) is 0.850. The lowest BCUT2D eigenvalue weighted by Gasteiger charge is -2.16. The molecule has 0 aliphatic rings. The van der Waals surface area contributed by atoms with Gasteiger partial charge < -0.3 is 5.73 Å². The summed E-state index contributed by atoms with van der Waals surface area (Å²) in [4.78, 5) is 1.24. The van der Waals surface area contributed by atoms with E-state index in [1.165, 1.54) is 21.6 Å². The number of hydrogen-bond donors (Lipinski definition) is 1. The topological polar surface area (TPSA) is 26.0 Å². The first kappa shape index (κ1) is 12.6. The summed E-state index contributed by atoms with van der Waals surface area (Å²) >= 11 is 7.54. The summed E-state index contributed by atoms with van der Waals surface area (Å²) < 4.78 is 0.828. The molecule has 0 aliphatic carbocycles. The van der Waals surface area contributed by atoms with Crippen molar-refractivity contribution in [3.8, 4) is 0 Å². The van der Waals surface area contributed by atoms with Crippen molar-refractivity contribution in [2.75, 3.05) is 0 Å². The Hall–Kier alpha value is -0.830. The van der Waals surface area contributed by atoms with Gasteiger partial charge in [0.25, 0.3) is 0 Å². The summed E-state index contributed by atoms with van der Waals surface area (Å²) in [6.45, 7) is 4.23. The standard InChI is InChI=1S/C14H16ClNS/c1-9-4-3-5-10(2)14(9)12(16)8-11-6-7-13(15)17-11/h3-7,12H,8,16H2,1-2H3. The van der Waals surface area contributed by atoms with Crippen LogP contribution < -0.4 is 5.73 Å². The van der Waals surface area contributed by atoms with Crippen LogP contribution in [0.5, 0.6) is 0 Å². The first-order chi connectivity index (χ1) is 8.08. The van der Waals surface area contributed by atoms with E-state index < -0.39 is 0 Å². The fraction of sp³-hybridized carbons (Fsp3) is 0.286. The molecular weight excluding hydrogens is 250 g/mol. The summed E-state index contributed by atoms with van der Waals surface area (Å²) in [5.74, 6) is 0. The lowest BCUT2D eigenvalue weighted by atomic mass is 9.94. The third-order valence-corrected chi connectivity index (χ3v) is 4.22. The Kier molecular flexibility index (Phi) is 3.87. The van der Waals surface area contributed by atoms with Crippen molar-refractivity contribution in [3.05, 3.63) is 56.2 Å². The second kappa shape index (κ2) is 5.21. The highest BCUT2D eigenvalue weighted by atomic mass is 35.5. The van der Waals surface area contributed by atoms with Crippen molar-refractivity contribution in [2.24, 2.45) is 5.73 Å². The molecule has 0 spiro atoms. The van der Waals surface area contributed by atoms with Crippen molar-refractivity contribution in [2.45, 2.75) is 26.3 Å². The highest BCUT2D eigenvalue weighted by molar-refractivity contribution is 7.16. The molecule has 1 atom stereocenters. The molecule has 2 N–H and O–H groups in total. The Labute approximate surface area is 111 Å². The zero-order valence-electron chi connectivity index (χ0n) is 10.0. The van der Waals surface area contributed by atoms with Gasteiger partial charge in [-0.1, -0.05) is 29.8 Å². The third kappa shape index (κ3) is 2.89. The molecule has 2 aromatic rings. The average molecular weight is 266 g/mol. The number of aryl methyl sites for hydroxylation is 2. The summed E-state index contributed by atoms with van der Waals surface area (Å²) in [7, 11) is 0. The van der Waals surface area contributed by atoms with Gasteiger partial charge in [0.15, 0.2) is 0 Å². The molecule has 1 aromatic heterocycles. The van der Waals surface area contributed by atoms with Gasteiger partial charge >= 0.3 is 0 Å². The molecule has 0 radical (unpaired) electrons. The van der Waals surface area contributed by atoms with E-state index in [1.807, 2.05) is 6.07 Å². The Morgan fingerprint density at radius 2 is 1.82 bits per heavy atom. The van der Waals surface area contributed by atoms with Crippen molar-refractivity contribution < 1.29 is 0 Å². The van der Waals surface area contributed by atoms with E-state index >= 15 is 0 Å². The number of nitrogens with two attached hydrogens (primary N) is 1. The first-order valence-electron chi connectivity index (χ1n) is 5.64. The Morgan fingerprint density at radius 1 is 1.18 bits per heavy atom.